The lowest BCUT2D eigenvalue weighted by molar-refractivity contribution is -0.251. The van der Waals surface area contributed by atoms with Gasteiger partial charge in [0.25, 0.3) is 0 Å². The summed E-state index contributed by atoms with van der Waals surface area (Å²) in [4.78, 5) is 13.8. The Labute approximate surface area is 220 Å². The van der Waals surface area contributed by atoms with E-state index in [1.54, 1.807) is 6.26 Å². The number of alkyl halides is 1. The van der Waals surface area contributed by atoms with Crippen molar-refractivity contribution in [2.24, 2.45) is 22.7 Å². The van der Waals surface area contributed by atoms with Crippen molar-refractivity contribution < 1.29 is 19.0 Å². The molecule has 206 valence electrons. The molecule has 0 amide bonds. The summed E-state index contributed by atoms with van der Waals surface area (Å²) in [5, 5.41) is 27.9. The number of nitrogens with one attached hydrogen (secondary N) is 1. The van der Waals surface area contributed by atoms with Crippen molar-refractivity contribution in [3.05, 3.63) is 34.4 Å². The van der Waals surface area contributed by atoms with Gasteiger partial charge in [-0.15, -0.1) is 0 Å². The molecule has 1 aromatic rings. The van der Waals surface area contributed by atoms with Crippen LogP contribution in [0.3, 0.4) is 0 Å². The van der Waals surface area contributed by atoms with Crippen molar-refractivity contribution in [2.45, 2.75) is 113 Å². The molecule has 4 saturated carbocycles. The maximum atomic E-state index is 14.7. The Kier molecular flexibility index (Phi) is 6.22. The molecule has 1 aliphatic heterocycles. The molecular weight excluding hydrogens is 471 g/mol. The summed E-state index contributed by atoms with van der Waals surface area (Å²) >= 11 is 0. The first-order chi connectivity index (χ1) is 17.5. The van der Waals surface area contributed by atoms with Crippen LogP contribution in [0.4, 0.5) is 4.39 Å². The van der Waals surface area contributed by atoms with Crippen molar-refractivity contribution in [3.63, 3.8) is 0 Å². The van der Waals surface area contributed by atoms with Crippen molar-refractivity contribution in [3.8, 4) is 0 Å². The van der Waals surface area contributed by atoms with Crippen molar-refractivity contribution >= 4 is 0 Å². The number of halogens is 1. The van der Waals surface area contributed by atoms with Crippen molar-refractivity contribution in [1.82, 2.24) is 10.2 Å². The highest BCUT2D eigenvalue weighted by atomic mass is 19.1. The lowest BCUT2D eigenvalue weighted by Crippen LogP contribution is -2.68. The Bertz CT molecular complexity index is 1060. The third kappa shape index (κ3) is 3.66. The predicted octanol–water partition coefficient (Wildman–Crippen LogP) is 4.00. The van der Waals surface area contributed by atoms with Gasteiger partial charge in [0.2, 0.25) is 0 Å². The van der Waals surface area contributed by atoms with Gasteiger partial charge >= 0.3 is 5.63 Å². The van der Waals surface area contributed by atoms with Gasteiger partial charge in [-0.05, 0) is 113 Å². The van der Waals surface area contributed by atoms with Crippen LogP contribution in [0.5, 0.6) is 0 Å². The molecule has 1 aromatic heterocycles. The van der Waals surface area contributed by atoms with Gasteiger partial charge < -0.3 is 19.9 Å². The SMILES string of the molecule is CN(C1CCNC[C@H]1F)[C@H]1CC[C@]2(C)[C@H]3CC[C@]4(C)[C@@H](c5ccc(=O)oc5)CC[C@]4(O)[C@@H]3CC[C@]2(O)C1. The first-order valence-corrected chi connectivity index (χ1v) is 14.6. The smallest absolute Gasteiger partial charge is 0.335 e. The molecule has 3 N–H and O–H groups in total. The Morgan fingerprint density at radius 3 is 2.49 bits per heavy atom. The van der Waals surface area contributed by atoms with Gasteiger partial charge in [-0.25, -0.2) is 9.18 Å². The number of hydrogen-bond acceptors (Lipinski definition) is 6. The third-order valence-electron chi connectivity index (χ3n) is 12.6. The number of fused-ring (bicyclic) bond motifs is 5. The van der Waals surface area contributed by atoms with Crippen LogP contribution in [-0.2, 0) is 0 Å². The Morgan fingerprint density at radius 1 is 1.00 bits per heavy atom. The highest BCUT2D eigenvalue weighted by Crippen LogP contribution is 2.71. The number of nitrogens with zero attached hydrogens (tertiary/aromatic N) is 1. The maximum Gasteiger partial charge on any atom is 0.335 e. The quantitative estimate of drug-likeness (QED) is 0.563. The fourth-order valence-electron chi connectivity index (χ4n) is 10.2. The van der Waals surface area contributed by atoms with Gasteiger partial charge in [0.1, 0.15) is 6.17 Å². The van der Waals surface area contributed by atoms with Crippen LogP contribution >= 0.6 is 0 Å². The first-order valence-electron chi connectivity index (χ1n) is 14.6. The average Bonchev–Trinajstić information content (AvgIpc) is 3.15. The van der Waals surface area contributed by atoms with Crippen LogP contribution in [-0.4, -0.2) is 64.7 Å². The molecule has 0 bridgehead atoms. The number of hydrogen-bond donors (Lipinski definition) is 3. The summed E-state index contributed by atoms with van der Waals surface area (Å²) < 4.78 is 20.0. The fraction of sp³-hybridized carbons (Fsp3) is 0.833. The number of rotatable bonds is 3. The van der Waals surface area contributed by atoms with E-state index in [9.17, 15) is 19.4 Å². The second-order valence-corrected chi connectivity index (χ2v) is 13.7. The number of aliphatic hydroxyl groups is 2. The van der Waals surface area contributed by atoms with Gasteiger partial charge in [-0.2, -0.15) is 0 Å². The van der Waals surface area contributed by atoms with Gasteiger partial charge in [0.05, 0.1) is 17.5 Å². The second-order valence-electron chi connectivity index (χ2n) is 13.7. The minimum Gasteiger partial charge on any atom is -0.431 e. The standard InChI is InChI=1S/C30H45FN2O4/c1-27-11-6-20(33(3)25-10-15-32-17-24(25)31)16-29(27,35)13-8-23-22(27)7-12-28(2)21(9-14-30(23,28)36)19-4-5-26(34)37-18-19/h4-5,18,20-25,32,35-36H,6-17H2,1-3H3/t20-,21+,22-,23+,24+,25?,27+,28+,29-,30-/m0/s1. The molecular formula is C30H45FN2O4. The van der Waals surface area contributed by atoms with E-state index in [0.717, 1.165) is 63.5 Å². The van der Waals surface area contributed by atoms with E-state index in [0.29, 0.717) is 19.4 Å². The zero-order chi connectivity index (χ0) is 26.2. The summed E-state index contributed by atoms with van der Waals surface area (Å²) in [6.07, 6.45) is 9.19. The molecule has 0 spiro atoms. The zero-order valence-electron chi connectivity index (χ0n) is 22.7. The molecule has 5 fully saturated rings. The van der Waals surface area contributed by atoms with Gasteiger partial charge in [0, 0.05) is 30.1 Å². The van der Waals surface area contributed by atoms with E-state index < -0.39 is 17.4 Å². The normalized spacial score (nSPS) is 49.8. The zero-order valence-corrected chi connectivity index (χ0v) is 22.7. The third-order valence-corrected chi connectivity index (χ3v) is 12.6. The van der Waals surface area contributed by atoms with Crippen LogP contribution in [0.2, 0.25) is 0 Å². The van der Waals surface area contributed by atoms with E-state index in [2.05, 4.69) is 31.1 Å². The van der Waals surface area contributed by atoms with Crippen LogP contribution in [0.15, 0.2) is 27.6 Å². The molecule has 10 atom stereocenters. The minimum atomic E-state index is -0.865. The minimum absolute atomic E-state index is 0.0792. The fourth-order valence-corrected chi connectivity index (χ4v) is 10.2. The second kappa shape index (κ2) is 8.87. The van der Waals surface area contributed by atoms with Gasteiger partial charge in [-0.1, -0.05) is 13.8 Å². The van der Waals surface area contributed by atoms with Gasteiger partial charge in [0.15, 0.2) is 0 Å². The van der Waals surface area contributed by atoms with Crippen LogP contribution in [0.25, 0.3) is 0 Å². The number of piperidine rings is 1. The summed E-state index contributed by atoms with van der Waals surface area (Å²) in [7, 11) is 2.06. The molecule has 7 heteroatoms. The molecule has 1 saturated heterocycles. The first kappa shape index (κ1) is 26.0. The lowest BCUT2D eigenvalue weighted by Gasteiger charge is -2.66. The van der Waals surface area contributed by atoms with E-state index in [1.165, 1.54) is 6.07 Å². The topological polar surface area (TPSA) is 85.9 Å². The average molecular weight is 517 g/mol. The summed E-state index contributed by atoms with van der Waals surface area (Å²) in [6, 6.07) is 3.48. The molecule has 0 radical (unpaired) electrons. The summed E-state index contributed by atoms with van der Waals surface area (Å²) in [5.41, 5.74) is -1.41. The molecule has 6 nitrogen and oxygen atoms in total. The Balaban J connectivity index is 1.24. The molecule has 5 aliphatic rings. The summed E-state index contributed by atoms with van der Waals surface area (Å²) in [6.45, 7) is 5.79. The Morgan fingerprint density at radius 2 is 1.76 bits per heavy atom. The molecule has 0 aromatic carbocycles. The van der Waals surface area contributed by atoms with E-state index in [4.69, 9.17) is 4.42 Å². The molecule has 1 unspecified atom stereocenters. The van der Waals surface area contributed by atoms with E-state index >= 15 is 0 Å². The largest absolute Gasteiger partial charge is 0.431 e. The predicted molar refractivity (Wildman–Crippen MR) is 140 cm³/mol. The molecule has 37 heavy (non-hydrogen) atoms. The molecule has 2 heterocycles. The Hall–Kier alpha value is -1.28. The molecule has 4 aliphatic carbocycles. The maximum absolute atomic E-state index is 14.7. The van der Waals surface area contributed by atoms with Gasteiger partial charge in [-0.3, -0.25) is 4.90 Å². The van der Waals surface area contributed by atoms with E-state index in [1.807, 2.05) is 6.07 Å². The van der Waals surface area contributed by atoms with Crippen LogP contribution < -0.4 is 10.9 Å². The monoisotopic (exact) mass is 516 g/mol. The van der Waals surface area contributed by atoms with E-state index in [-0.39, 0.29) is 46.3 Å². The van der Waals surface area contributed by atoms with Crippen LogP contribution in [0, 0.1) is 22.7 Å². The lowest BCUT2D eigenvalue weighted by atomic mass is 9.41. The molecule has 6 rings (SSSR count). The highest BCUT2D eigenvalue weighted by molar-refractivity contribution is 5.28. The van der Waals surface area contributed by atoms with Crippen molar-refractivity contribution in [1.29, 1.82) is 0 Å². The highest BCUT2D eigenvalue weighted by Gasteiger charge is 2.70. The van der Waals surface area contributed by atoms with Crippen LogP contribution in [0.1, 0.15) is 89.5 Å². The summed E-state index contributed by atoms with van der Waals surface area (Å²) in [5.74, 6) is 0.599. The van der Waals surface area contributed by atoms with Crippen molar-refractivity contribution in [2.75, 3.05) is 20.1 Å².